The molecule has 1 aromatic rings. The Morgan fingerprint density at radius 1 is 1.12 bits per heavy atom. The van der Waals surface area contributed by atoms with Crippen molar-refractivity contribution in [2.24, 2.45) is 5.73 Å². The lowest BCUT2D eigenvalue weighted by Gasteiger charge is -2.06. The van der Waals surface area contributed by atoms with Crippen molar-refractivity contribution in [3.05, 3.63) is 11.6 Å². The first-order valence-electron chi connectivity index (χ1n) is 6.38. The summed E-state index contributed by atoms with van der Waals surface area (Å²) in [5, 5.41) is 8.38. The van der Waals surface area contributed by atoms with Crippen LogP contribution in [0.15, 0.2) is 0 Å². The molecular formula is C12H24N4. The second-order valence-electron chi connectivity index (χ2n) is 4.27. The molecule has 1 aromatic heterocycles. The van der Waals surface area contributed by atoms with E-state index in [0.29, 0.717) is 0 Å². The van der Waals surface area contributed by atoms with Crippen LogP contribution in [0.3, 0.4) is 0 Å². The lowest BCUT2D eigenvalue weighted by atomic mass is 10.1. The SMILES string of the molecule is CCCn1c(C)nnc1CCCCCCN. The van der Waals surface area contributed by atoms with E-state index >= 15 is 0 Å². The standard InChI is InChI=1S/C12H24N4/c1-3-10-16-11(2)14-15-12(16)8-6-4-5-7-9-13/h3-10,13H2,1-2H3. The highest BCUT2D eigenvalue weighted by molar-refractivity contribution is 4.93. The molecule has 0 bridgehead atoms. The topological polar surface area (TPSA) is 56.7 Å². The molecule has 16 heavy (non-hydrogen) atoms. The normalized spacial score (nSPS) is 10.9. The van der Waals surface area contributed by atoms with E-state index in [9.17, 15) is 0 Å². The smallest absolute Gasteiger partial charge is 0.132 e. The molecule has 1 rings (SSSR count). The van der Waals surface area contributed by atoms with Crippen molar-refractivity contribution in [2.75, 3.05) is 6.54 Å². The Balaban J connectivity index is 2.35. The van der Waals surface area contributed by atoms with Gasteiger partial charge in [0.1, 0.15) is 11.6 Å². The fourth-order valence-electron chi connectivity index (χ4n) is 1.91. The number of aromatic nitrogens is 3. The van der Waals surface area contributed by atoms with Crippen LogP contribution in [0.1, 0.15) is 50.7 Å². The predicted molar refractivity (Wildman–Crippen MR) is 66.3 cm³/mol. The van der Waals surface area contributed by atoms with Crippen molar-refractivity contribution in [2.45, 2.75) is 58.9 Å². The van der Waals surface area contributed by atoms with Gasteiger partial charge in [-0.15, -0.1) is 10.2 Å². The van der Waals surface area contributed by atoms with Gasteiger partial charge in [0.25, 0.3) is 0 Å². The molecule has 0 aliphatic heterocycles. The lowest BCUT2D eigenvalue weighted by molar-refractivity contribution is 0.586. The minimum atomic E-state index is 0.811. The predicted octanol–water partition coefficient (Wildman–Crippen LogP) is 2.06. The summed E-state index contributed by atoms with van der Waals surface area (Å²) in [5.74, 6) is 2.19. The van der Waals surface area contributed by atoms with Crippen LogP contribution < -0.4 is 5.73 Å². The molecule has 0 atom stereocenters. The van der Waals surface area contributed by atoms with E-state index < -0.39 is 0 Å². The van der Waals surface area contributed by atoms with Gasteiger partial charge in [0.05, 0.1) is 0 Å². The Morgan fingerprint density at radius 2 is 1.88 bits per heavy atom. The van der Waals surface area contributed by atoms with Crippen molar-refractivity contribution in [1.29, 1.82) is 0 Å². The molecule has 0 fully saturated rings. The van der Waals surface area contributed by atoms with E-state index in [2.05, 4.69) is 21.7 Å². The number of nitrogens with two attached hydrogens (primary N) is 1. The zero-order chi connectivity index (χ0) is 11.8. The molecule has 0 unspecified atom stereocenters. The first-order chi connectivity index (χ1) is 7.79. The lowest BCUT2D eigenvalue weighted by Crippen LogP contribution is -2.05. The quantitative estimate of drug-likeness (QED) is 0.688. The number of hydrogen-bond acceptors (Lipinski definition) is 3. The zero-order valence-corrected chi connectivity index (χ0v) is 10.6. The Hall–Kier alpha value is -0.900. The van der Waals surface area contributed by atoms with Crippen LogP contribution in [0.5, 0.6) is 0 Å². The summed E-state index contributed by atoms with van der Waals surface area (Å²) in [4.78, 5) is 0. The summed E-state index contributed by atoms with van der Waals surface area (Å²) in [6.45, 7) is 6.06. The van der Waals surface area contributed by atoms with Crippen LogP contribution in [0.25, 0.3) is 0 Å². The Bertz CT molecular complexity index is 293. The molecule has 0 amide bonds. The highest BCUT2D eigenvalue weighted by Crippen LogP contribution is 2.08. The molecule has 2 N–H and O–H groups in total. The summed E-state index contributed by atoms with van der Waals surface area (Å²) in [7, 11) is 0. The first-order valence-corrected chi connectivity index (χ1v) is 6.38. The summed E-state index contributed by atoms with van der Waals surface area (Å²) < 4.78 is 2.24. The second kappa shape index (κ2) is 7.39. The van der Waals surface area contributed by atoms with Gasteiger partial charge in [-0.25, -0.2) is 0 Å². The third kappa shape index (κ3) is 3.93. The van der Waals surface area contributed by atoms with Crippen LogP contribution >= 0.6 is 0 Å². The monoisotopic (exact) mass is 224 g/mol. The number of nitrogens with zero attached hydrogens (tertiary/aromatic N) is 3. The second-order valence-corrected chi connectivity index (χ2v) is 4.27. The van der Waals surface area contributed by atoms with E-state index in [1.165, 1.54) is 19.3 Å². The van der Waals surface area contributed by atoms with E-state index in [0.717, 1.165) is 44.0 Å². The summed E-state index contributed by atoms with van der Waals surface area (Å²) in [6, 6.07) is 0. The van der Waals surface area contributed by atoms with Crippen molar-refractivity contribution in [3.8, 4) is 0 Å². The van der Waals surface area contributed by atoms with Gasteiger partial charge < -0.3 is 10.3 Å². The average Bonchev–Trinajstić information content (AvgIpc) is 2.62. The molecule has 0 aliphatic carbocycles. The van der Waals surface area contributed by atoms with Crippen molar-refractivity contribution >= 4 is 0 Å². The van der Waals surface area contributed by atoms with Gasteiger partial charge in [-0.2, -0.15) is 0 Å². The maximum atomic E-state index is 5.46. The highest BCUT2D eigenvalue weighted by atomic mass is 15.3. The summed E-state index contributed by atoms with van der Waals surface area (Å²) >= 11 is 0. The molecule has 0 aromatic carbocycles. The van der Waals surface area contributed by atoms with Gasteiger partial charge in [0.2, 0.25) is 0 Å². The molecule has 4 heteroatoms. The average molecular weight is 224 g/mol. The zero-order valence-electron chi connectivity index (χ0n) is 10.6. The van der Waals surface area contributed by atoms with E-state index in [1.807, 2.05) is 6.92 Å². The molecule has 92 valence electrons. The molecule has 0 aliphatic rings. The molecule has 0 saturated carbocycles. The van der Waals surface area contributed by atoms with E-state index in [4.69, 9.17) is 5.73 Å². The van der Waals surface area contributed by atoms with E-state index in [-0.39, 0.29) is 0 Å². The van der Waals surface area contributed by atoms with Crippen LogP contribution in [0.4, 0.5) is 0 Å². The number of unbranched alkanes of at least 4 members (excludes halogenated alkanes) is 3. The Kier molecular flexibility index (Phi) is 6.08. The molecule has 0 radical (unpaired) electrons. The van der Waals surface area contributed by atoms with Crippen molar-refractivity contribution in [3.63, 3.8) is 0 Å². The maximum Gasteiger partial charge on any atom is 0.132 e. The van der Waals surface area contributed by atoms with Gasteiger partial charge in [0, 0.05) is 13.0 Å². The number of rotatable bonds is 8. The third-order valence-corrected chi connectivity index (χ3v) is 2.81. The Labute approximate surface area is 98.2 Å². The van der Waals surface area contributed by atoms with Gasteiger partial charge in [-0.05, 0) is 32.7 Å². The number of hydrogen-bond donors (Lipinski definition) is 1. The van der Waals surface area contributed by atoms with Crippen molar-refractivity contribution < 1.29 is 0 Å². The van der Waals surface area contributed by atoms with Crippen LogP contribution in [-0.4, -0.2) is 21.3 Å². The van der Waals surface area contributed by atoms with Crippen molar-refractivity contribution in [1.82, 2.24) is 14.8 Å². The van der Waals surface area contributed by atoms with Crippen LogP contribution in [0.2, 0.25) is 0 Å². The van der Waals surface area contributed by atoms with Crippen LogP contribution in [0, 0.1) is 6.92 Å². The summed E-state index contributed by atoms with van der Waals surface area (Å²) in [6.07, 6.45) is 7.00. The third-order valence-electron chi connectivity index (χ3n) is 2.81. The van der Waals surface area contributed by atoms with Gasteiger partial charge >= 0.3 is 0 Å². The molecule has 0 spiro atoms. The molecular weight excluding hydrogens is 200 g/mol. The summed E-state index contributed by atoms with van der Waals surface area (Å²) in [5.41, 5.74) is 5.46. The number of aryl methyl sites for hydroxylation is 2. The molecule has 0 saturated heterocycles. The first kappa shape index (κ1) is 13.2. The largest absolute Gasteiger partial charge is 0.330 e. The van der Waals surface area contributed by atoms with Gasteiger partial charge in [-0.1, -0.05) is 19.8 Å². The van der Waals surface area contributed by atoms with Crippen LogP contribution in [-0.2, 0) is 13.0 Å². The van der Waals surface area contributed by atoms with E-state index in [1.54, 1.807) is 0 Å². The minimum absolute atomic E-state index is 0.811. The fourth-order valence-corrected chi connectivity index (χ4v) is 1.91. The highest BCUT2D eigenvalue weighted by Gasteiger charge is 2.06. The van der Waals surface area contributed by atoms with Gasteiger partial charge in [0.15, 0.2) is 0 Å². The maximum absolute atomic E-state index is 5.46. The molecule has 1 heterocycles. The minimum Gasteiger partial charge on any atom is -0.330 e. The fraction of sp³-hybridized carbons (Fsp3) is 0.833. The van der Waals surface area contributed by atoms with Gasteiger partial charge in [-0.3, -0.25) is 0 Å². The molecule has 4 nitrogen and oxygen atoms in total. The Morgan fingerprint density at radius 3 is 2.56 bits per heavy atom.